The Morgan fingerprint density at radius 1 is 0.750 bits per heavy atom. The quantitative estimate of drug-likeness (QED) is 0.650. The normalized spacial score (nSPS) is 10.2. The number of amides is 2. The number of aryl methyl sites for hydroxylation is 1. The number of ketones is 1. The van der Waals surface area contributed by atoms with E-state index in [4.69, 9.17) is 0 Å². The van der Waals surface area contributed by atoms with E-state index in [2.05, 4.69) is 10.6 Å². The second-order valence-corrected chi connectivity index (χ2v) is 6.41. The van der Waals surface area contributed by atoms with Crippen LogP contribution in [0.2, 0.25) is 0 Å². The monoisotopic (exact) mass is 372 g/mol. The minimum Gasteiger partial charge on any atom is -0.326 e. The lowest BCUT2D eigenvalue weighted by atomic mass is 9.98. The maximum absolute atomic E-state index is 12.8. The predicted octanol–water partition coefficient (Wildman–Crippen LogP) is 4.44. The lowest BCUT2D eigenvalue weighted by Gasteiger charge is -2.12. The maximum atomic E-state index is 12.8. The van der Waals surface area contributed by atoms with Crippen molar-refractivity contribution < 1.29 is 14.4 Å². The molecule has 0 saturated carbocycles. The molecule has 0 aromatic heterocycles. The minimum absolute atomic E-state index is 0.189. The van der Waals surface area contributed by atoms with Crippen LogP contribution in [0.5, 0.6) is 0 Å². The Labute approximate surface area is 163 Å². The lowest BCUT2D eigenvalue weighted by Crippen LogP contribution is -2.17. The largest absolute Gasteiger partial charge is 0.326 e. The number of benzene rings is 3. The van der Waals surface area contributed by atoms with Gasteiger partial charge in [-0.15, -0.1) is 0 Å². The Hall–Kier alpha value is -3.73. The molecule has 5 nitrogen and oxygen atoms in total. The van der Waals surface area contributed by atoms with Gasteiger partial charge < -0.3 is 10.6 Å². The average Bonchev–Trinajstić information content (AvgIpc) is 2.70. The van der Waals surface area contributed by atoms with Gasteiger partial charge in [-0.25, -0.2) is 0 Å². The van der Waals surface area contributed by atoms with E-state index in [0.29, 0.717) is 22.5 Å². The van der Waals surface area contributed by atoms with Crippen LogP contribution in [0.4, 0.5) is 11.4 Å². The van der Waals surface area contributed by atoms with Crippen LogP contribution in [0.3, 0.4) is 0 Å². The van der Waals surface area contributed by atoms with E-state index in [-0.39, 0.29) is 17.3 Å². The van der Waals surface area contributed by atoms with Gasteiger partial charge in [0, 0.05) is 29.4 Å². The SMILES string of the molecule is CC(=O)Nc1cc(NC(=O)c2ccccc2C(=O)c2ccccc2)ccc1C. The molecule has 0 fully saturated rings. The molecule has 0 spiro atoms. The average molecular weight is 372 g/mol. The summed E-state index contributed by atoms with van der Waals surface area (Å²) in [7, 11) is 0. The summed E-state index contributed by atoms with van der Waals surface area (Å²) in [5.41, 5.74) is 3.18. The molecule has 28 heavy (non-hydrogen) atoms. The third-order valence-corrected chi connectivity index (χ3v) is 4.26. The molecule has 0 heterocycles. The van der Waals surface area contributed by atoms with Gasteiger partial charge in [0.15, 0.2) is 5.78 Å². The molecule has 0 unspecified atom stereocenters. The van der Waals surface area contributed by atoms with E-state index in [1.165, 1.54) is 6.92 Å². The van der Waals surface area contributed by atoms with Crippen molar-refractivity contribution >= 4 is 29.0 Å². The van der Waals surface area contributed by atoms with Crippen molar-refractivity contribution in [1.82, 2.24) is 0 Å². The van der Waals surface area contributed by atoms with Crippen LogP contribution in [0, 0.1) is 6.92 Å². The fraction of sp³-hybridized carbons (Fsp3) is 0.0870. The standard InChI is InChI=1S/C23H20N2O3/c1-15-12-13-18(14-21(15)24-16(2)26)25-23(28)20-11-7-6-10-19(20)22(27)17-8-4-3-5-9-17/h3-14H,1-2H3,(H,24,26)(H,25,28). The molecule has 3 aromatic rings. The summed E-state index contributed by atoms with van der Waals surface area (Å²) >= 11 is 0. The number of hydrogen-bond donors (Lipinski definition) is 2. The van der Waals surface area contributed by atoms with Crippen molar-refractivity contribution in [3.63, 3.8) is 0 Å². The van der Waals surface area contributed by atoms with Gasteiger partial charge in [0.2, 0.25) is 5.91 Å². The molecule has 3 aromatic carbocycles. The summed E-state index contributed by atoms with van der Waals surface area (Å²) in [6, 6.07) is 20.8. The van der Waals surface area contributed by atoms with E-state index in [9.17, 15) is 14.4 Å². The Bertz CT molecular complexity index is 1040. The van der Waals surface area contributed by atoms with Gasteiger partial charge in [0.25, 0.3) is 5.91 Å². The highest BCUT2D eigenvalue weighted by Crippen LogP contribution is 2.22. The van der Waals surface area contributed by atoms with Crippen LogP contribution in [0.1, 0.15) is 38.8 Å². The van der Waals surface area contributed by atoms with Crippen molar-refractivity contribution in [2.45, 2.75) is 13.8 Å². The first kappa shape index (κ1) is 19.0. The number of anilines is 2. The van der Waals surface area contributed by atoms with Crippen LogP contribution in [-0.4, -0.2) is 17.6 Å². The third-order valence-electron chi connectivity index (χ3n) is 4.26. The smallest absolute Gasteiger partial charge is 0.256 e. The van der Waals surface area contributed by atoms with E-state index >= 15 is 0 Å². The van der Waals surface area contributed by atoms with E-state index < -0.39 is 5.91 Å². The molecular weight excluding hydrogens is 352 g/mol. The molecule has 0 saturated heterocycles. The molecule has 0 aliphatic carbocycles. The van der Waals surface area contributed by atoms with Gasteiger partial charge >= 0.3 is 0 Å². The fourth-order valence-corrected chi connectivity index (χ4v) is 2.85. The van der Waals surface area contributed by atoms with Crippen molar-refractivity contribution in [1.29, 1.82) is 0 Å². The minimum atomic E-state index is -0.391. The van der Waals surface area contributed by atoms with Gasteiger partial charge in [-0.1, -0.05) is 54.6 Å². The molecule has 3 rings (SSSR count). The number of carbonyl (C=O) groups excluding carboxylic acids is 3. The van der Waals surface area contributed by atoms with Crippen LogP contribution in [0.25, 0.3) is 0 Å². The van der Waals surface area contributed by atoms with Crippen molar-refractivity contribution in [2.75, 3.05) is 10.6 Å². The van der Waals surface area contributed by atoms with E-state index in [0.717, 1.165) is 5.56 Å². The second-order valence-electron chi connectivity index (χ2n) is 6.41. The molecule has 140 valence electrons. The molecule has 0 bridgehead atoms. The summed E-state index contributed by atoms with van der Waals surface area (Å²) < 4.78 is 0. The molecular formula is C23H20N2O3. The molecule has 2 amide bonds. The highest BCUT2D eigenvalue weighted by molar-refractivity contribution is 6.17. The zero-order valence-electron chi connectivity index (χ0n) is 15.7. The number of rotatable bonds is 5. The summed E-state index contributed by atoms with van der Waals surface area (Å²) in [5, 5.41) is 5.54. The maximum Gasteiger partial charge on any atom is 0.256 e. The lowest BCUT2D eigenvalue weighted by molar-refractivity contribution is -0.114. The summed E-state index contributed by atoms with van der Waals surface area (Å²) in [6.07, 6.45) is 0. The van der Waals surface area contributed by atoms with E-state index in [1.807, 2.05) is 19.1 Å². The Morgan fingerprint density at radius 2 is 1.39 bits per heavy atom. The first-order valence-electron chi connectivity index (χ1n) is 8.84. The summed E-state index contributed by atoms with van der Waals surface area (Å²) in [5.74, 6) is -0.794. The summed E-state index contributed by atoms with van der Waals surface area (Å²) in [4.78, 5) is 37.0. The van der Waals surface area contributed by atoms with Crippen LogP contribution in [-0.2, 0) is 4.79 Å². The molecule has 2 N–H and O–H groups in total. The zero-order chi connectivity index (χ0) is 20.1. The van der Waals surface area contributed by atoms with Gasteiger partial charge in [-0.05, 0) is 30.7 Å². The molecule has 0 atom stereocenters. The van der Waals surface area contributed by atoms with Gasteiger partial charge in [0.1, 0.15) is 0 Å². The zero-order valence-corrected chi connectivity index (χ0v) is 15.7. The highest BCUT2D eigenvalue weighted by atomic mass is 16.2. The van der Waals surface area contributed by atoms with Crippen molar-refractivity contribution in [3.05, 3.63) is 95.1 Å². The molecule has 5 heteroatoms. The first-order chi connectivity index (χ1) is 13.5. The van der Waals surface area contributed by atoms with Crippen LogP contribution >= 0.6 is 0 Å². The predicted molar refractivity (Wildman–Crippen MR) is 110 cm³/mol. The van der Waals surface area contributed by atoms with Gasteiger partial charge in [-0.3, -0.25) is 14.4 Å². The van der Waals surface area contributed by atoms with E-state index in [1.54, 1.807) is 60.7 Å². The second kappa shape index (κ2) is 8.31. The topological polar surface area (TPSA) is 75.3 Å². The summed E-state index contributed by atoms with van der Waals surface area (Å²) in [6.45, 7) is 3.29. The number of nitrogens with one attached hydrogen (secondary N) is 2. The first-order valence-corrected chi connectivity index (χ1v) is 8.84. The van der Waals surface area contributed by atoms with Crippen molar-refractivity contribution in [2.24, 2.45) is 0 Å². The van der Waals surface area contributed by atoms with Crippen LogP contribution in [0.15, 0.2) is 72.8 Å². The Balaban J connectivity index is 1.88. The van der Waals surface area contributed by atoms with Gasteiger partial charge in [0.05, 0.1) is 5.56 Å². The highest BCUT2D eigenvalue weighted by Gasteiger charge is 2.18. The van der Waals surface area contributed by atoms with Crippen molar-refractivity contribution in [3.8, 4) is 0 Å². The molecule has 0 aliphatic rings. The number of hydrogen-bond acceptors (Lipinski definition) is 3. The Kier molecular flexibility index (Phi) is 5.65. The number of carbonyl (C=O) groups is 3. The fourth-order valence-electron chi connectivity index (χ4n) is 2.85. The molecule has 0 radical (unpaired) electrons. The van der Waals surface area contributed by atoms with Crippen LogP contribution < -0.4 is 10.6 Å². The molecule has 0 aliphatic heterocycles. The Morgan fingerprint density at radius 3 is 2.07 bits per heavy atom. The van der Waals surface area contributed by atoms with Gasteiger partial charge in [-0.2, -0.15) is 0 Å². The third kappa shape index (κ3) is 4.32.